The Labute approximate surface area is 262 Å². The van der Waals surface area contributed by atoms with Gasteiger partial charge in [-0.25, -0.2) is 14.4 Å². The van der Waals surface area contributed by atoms with Crippen molar-refractivity contribution in [3.8, 4) is 0 Å². The molecule has 6 fully saturated rings. The number of hydrogen-bond acceptors (Lipinski definition) is 12. The number of rotatable bonds is 4. The number of benzene rings is 2. The molecule has 2 saturated carbocycles. The van der Waals surface area contributed by atoms with E-state index in [1.54, 1.807) is 30.3 Å². The Bertz CT molecular complexity index is 1730. The molecular formula is C34H32O12. The summed E-state index contributed by atoms with van der Waals surface area (Å²) in [5.74, 6) is -5.89. The predicted molar refractivity (Wildman–Crippen MR) is 152 cm³/mol. The molecule has 240 valence electrons. The van der Waals surface area contributed by atoms with Gasteiger partial charge in [0.05, 0.1) is 22.3 Å². The normalized spacial score (nSPS) is 42.9. The zero-order valence-electron chi connectivity index (χ0n) is 25.4. The van der Waals surface area contributed by atoms with Crippen molar-refractivity contribution in [3.63, 3.8) is 0 Å². The van der Waals surface area contributed by atoms with Gasteiger partial charge < -0.3 is 33.9 Å². The van der Waals surface area contributed by atoms with Gasteiger partial charge in [-0.2, -0.15) is 0 Å². The first kappa shape index (κ1) is 29.3. The lowest BCUT2D eigenvalue weighted by molar-refractivity contribution is -0.239. The molecule has 2 aliphatic carbocycles. The lowest BCUT2D eigenvalue weighted by atomic mass is 9.51. The summed E-state index contributed by atoms with van der Waals surface area (Å²) in [5, 5.41) is 24.5. The minimum absolute atomic E-state index is 0.0329. The first-order valence-electron chi connectivity index (χ1n) is 15.3. The molecule has 46 heavy (non-hydrogen) atoms. The molecule has 2 aromatic rings. The number of aliphatic hydroxyl groups is 2. The van der Waals surface area contributed by atoms with Crippen LogP contribution >= 0.6 is 0 Å². The SMILES string of the molecule is C[C@@H]1C(=O)O[C@H]2[C@H](O)[C@]34[C@H]5C[C@@H](C(C)(C)C)[C@@]36[C@@H](OC(=O)[C@H]6OC(=O)c3ccc(C(=O)c6ccccc6)cc3)O[C@]4(C(=O)O5)[C@@]12O. The van der Waals surface area contributed by atoms with E-state index in [2.05, 4.69) is 0 Å². The van der Waals surface area contributed by atoms with Crippen LogP contribution in [0.2, 0.25) is 0 Å². The van der Waals surface area contributed by atoms with Crippen LogP contribution in [0.1, 0.15) is 60.4 Å². The van der Waals surface area contributed by atoms with Crippen LogP contribution in [0, 0.1) is 28.1 Å². The van der Waals surface area contributed by atoms with Gasteiger partial charge in [-0.1, -0.05) is 63.2 Å². The number of ether oxygens (including phenoxy) is 5. The maximum absolute atomic E-state index is 13.9. The molecule has 6 aliphatic rings. The first-order valence-corrected chi connectivity index (χ1v) is 15.3. The van der Waals surface area contributed by atoms with Gasteiger partial charge in [-0.15, -0.1) is 0 Å². The number of fused-ring (bicyclic) bond motifs is 1. The minimum atomic E-state index is -2.37. The van der Waals surface area contributed by atoms with Crippen molar-refractivity contribution in [2.75, 3.05) is 0 Å². The zero-order chi connectivity index (χ0) is 32.8. The Morgan fingerprint density at radius 1 is 0.891 bits per heavy atom. The van der Waals surface area contributed by atoms with Gasteiger partial charge in [0.1, 0.15) is 12.2 Å². The number of hydrogen-bond donors (Lipinski definition) is 2. The molecule has 4 aliphatic heterocycles. The lowest BCUT2D eigenvalue weighted by Crippen LogP contribution is -2.67. The lowest BCUT2D eigenvalue weighted by Gasteiger charge is -2.48. The van der Waals surface area contributed by atoms with E-state index >= 15 is 0 Å². The Kier molecular flexibility index (Phi) is 5.61. The standard InChI is InChI=1S/C34H32O12/c1-15-25(37)43-23-22(36)32-20-14-19(30(2,3)4)31(32)24(27(39)45-29(31)46-34(32,28(40)42-20)33(15,23)41)44-26(38)18-12-10-17(11-13-18)21(35)16-8-6-5-7-9-16/h5-13,15,19-20,22-24,29,36,41H,14H2,1-4H3/t15-,19+,20-,22+,23+,24-,29+,31-,32-,33-,34+/m1/s1. The third-order valence-electron chi connectivity index (χ3n) is 11.6. The Morgan fingerprint density at radius 2 is 1.52 bits per heavy atom. The van der Waals surface area contributed by atoms with Crippen molar-refractivity contribution in [2.45, 2.75) is 76.0 Å². The topological polar surface area (TPSA) is 172 Å². The Balaban J connectivity index is 1.23. The van der Waals surface area contributed by atoms with Crippen molar-refractivity contribution in [1.82, 2.24) is 0 Å². The molecular weight excluding hydrogens is 600 g/mol. The van der Waals surface area contributed by atoms with Crippen LogP contribution in [0.3, 0.4) is 0 Å². The molecule has 12 nitrogen and oxygen atoms in total. The summed E-state index contributed by atoms with van der Waals surface area (Å²) in [4.78, 5) is 67.1. The summed E-state index contributed by atoms with van der Waals surface area (Å²) < 4.78 is 29.5. The van der Waals surface area contributed by atoms with Crippen molar-refractivity contribution in [2.24, 2.45) is 28.1 Å². The summed E-state index contributed by atoms with van der Waals surface area (Å²) >= 11 is 0. The average Bonchev–Trinajstić information content (AvgIpc) is 3.75. The number of carbonyl (C=O) groups is 5. The highest BCUT2D eigenvalue weighted by atomic mass is 16.8. The van der Waals surface area contributed by atoms with E-state index in [0.717, 1.165) is 0 Å². The molecule has 2 N–H and O–H groups in total. The molecule has 0 unspecified atom stereocenters. The van der Waals surface area contributed by atoms with Crippen LogP contribution in [0.4, 0.5) is 0 Å². The second kappa shape index (κ2) is 8.81. The monoisotopic (exact) mass is 632 g/mol. The number of ketones is 1. The quantitative estimate of drug-likeness (QED) is 0.285. The number of carbonyl (C=O) groups excluding carboxylic acids is 5. The highest BCUT2D eigenvalue weighted by molar-refractivity contribution is 6.09. The van der Waals surface area contributed by atoms with Crippen molar-refractivity contribution in [1.29, 1.82) is 0 Å². The van der Waals surface area contributed by atoms with E-state index in [0.29, 0.717) is 11.1 Å². The maximum atomic E-state index is 13.9. The van der Waals surface area contributed by atoms with E-state index in [9.17, 15) is 34.2 Å². The minimum Gasteiger partial charge on any atom is -0.459 e. The molecule has 0 aromatic heterocycles. The fourth-order valence-corrected chi connectivity index (χ4v) is 9.93. The van der Waals surface area contributed by atoms with Gasteiger partial charge in [0.15, 0.2) is 17.5 Å². The number of esters is 4. The molecule has 12 heteroatoms. The van der Waals surface area contributed by atoms with Crippen molar-refractivity contribution in [3.05, 3.63) is 71.3 Å². The molecule has 4 heterocycles. The molecule has 8 rings (SSSR count). The fraction of sp³-hybridized carbons (Fsp3) is 0.500. The molecule has 0 radical (unpaired) electrons. The van der Waals surface area contributed by atoms with Crippen LogP contribution in [-0.4, -0.2) is 81.8 Å². The highest BCUT2D eigenvalue weighted by Crippen LogP contribution is 2.84. The van der Waals surface area contributed by atoms with E-state index in [1.807, 2.05) is 20.8 Å². The summed E-state index contributed by atoms with van der Waals surface area (Å²) in [6.45, 7) is 7.06. The number of aliphatic hydroxyl groups excluding tert-OH is 1. The van der Waals surface area contributed by atoms with Gasteiger partial charge in [0.2, 0.25) is 18.0 Å². The van der Waals surface area contributed by atoms with Crippen molar-refractivity contribution < 1.29 is 57.9 Å². The smallest absolute Gasteiger partial charge is 0.350 e. The second-order valence-corrected chi connectivity index (χ2v) is 14.3. The molecule has 2 aromatic carbocycles. The van der Waals surface area contributed by atoms with E-state index in [-0.39, 0.29) is 17.8 Å². The molecule has 2 spiro atoms. The summed E-state index contributed by atoms with van der Waals surface area (Å²) in [6, 6.07) is 14.4. The van der Waals surface area contributed by atoms with Crippen LogP contribution in [0.25, 0.3) is 0 Å². The van der Waals surface area contributed by atoms with Gasteiger partial charge in [-0.05, 0) is 36.8 Å². The van der Waals surface area contributed by atoms with Gasteiger partial charge >= 0.3 is 23.9 Å². The van der Waals surface area contributed by atoms with Gasteiger partial charge in [0, 0.05) is 11.1 Å². The molecule has 0 bridgehead atoms. The van der Waals surface area contributed by atoms with Crippen LogP contribution < -0.4 is 0 Å². The molecule has 0 amide bonds. The van der Waals surface area contributed by atoms with Gasteiger partial charge in [-0.3, -0.25) is 9.59 Å². The maximum Gasteiger partial charge on any atom is 0.350 e. The largest absolute Gasteiger partial charge is 0.459 e. The third-order valence-corrected chi connectivity index (χ3v) is 11.6. The second-order valence-electron chi connectivity index (χ2n) is 14.3. The third kappa shape index (κ3) is 2.91. The average molecular weight is 633 g/mol. The van der Waals surface area contributed by atoms with Crippen LogP contribution in [0.15, 0.2) is 54.6 Å². The van der Waals surface area contributed by atoms with E-state index < -0.39 is 93.9 Å². The predicted octanol–water partition coefficient (Wildman–Crippen LogP) is 1.73. The summed E-state index contributed by atoms with van der Waals surface area (Å²) in [6.07, 6.45) is -7.54. The van der Waals surface area contributed by atoms with Crippen LogP contribution in [0.5, 0.6) is 0 Å². The summed E-state index contributed by atoms with van der Waals surface area (Å²) in [7, 11) is 0. The van der Waals surface area contributed by atoms with Crippen LogP contribution in [-0.2, 0) is 38.1 Å². The fourth-order valence-electron chi connectivity index (χ4n) is 9.93. The summed E-state index contributed by atoms with van der Waals surface area (Å²) in [5.41, 5.74) is -8.19. The van der Waals surface area contributed by atoms with E-state index in [4.69, 9.17) is 23.7 Å². The zero-order valence-corrected chi connectivity index (χ0v) is 25.4. The molecule has 11 atom stereocenters. The van der Waals surface area contributed by atoms with Gasteiger partial charge in [0.25, 0.3) is 0 Å². The van der Waals surface area contributed by atoms with E-state index in [1.165, 1.54) is 31.2 Å². The molecule has 4 saturated heterocycles. The Morgan fingerprint density at radius 3 is 2.17 bits per heavy atom. The first-order chi connectivity index (χ1) is 21.7. The highest BCUT2D eigenvalue weighted by Gasteiger charge is 3.04. The Hall–Kier alpha value is -4.13. The van der Waals surface area contributed by atoms with Crippen molar-refractivity contribution >= 4 is 29.7 Å².